The van der Waals surface area contributed by atoms with Gasteiger partial charge in [-0.1, -0.05) is 0 Å². The fraction of sp³-hybridized carbons (Fsp3) is 0.600. The van der Waals surface area contributed by atoms with Gasteiger partial charge in [-0.05, 0) is 22.0 Å². The Labute approximate surface area is 98.1 Å². The normalized spacial score (nSPS) is 13.0. The van der Waals surface area contributed by atoms with Gasteiger partial charge in [0.25, 0.3) is 0 Å². The Kier molecular flexibility index (Phi) is 5.93. The molecular formula is C10H16BrNO3. The topological polar surface area (TPSA) is 43.6 Å². The smallest absolute Gasteiger partial charge is 0.131 e. The van der Waals surface area contributed by atoms with Gasteiger partial charge in [0, 0.05) is 20.8 Å². The third kappa shape index (κ3) is 4.34. The number of nitrogens with one attached hydrogen (secondary N) is 1. The van der Waals surface area contributed by atoms with Gasteiger partial charge in [0.2, 0.25) is 0 Å². The highest BCUT2D eigenvalue weighted by Gasteiger charge is 2.07. The molecule has 0 aliphatic rings. The fourth-order valence-corrected chi connectivity index (χ4v) is 1.54. The van der Waals surface area contributed by atoms with Crippen molar-refractivity contribution in [2.75, 3.05) is 27.4 Å². The highest BCUT2D eigenvalue weighted by Crippen LogP contribution is 2.16. The number of hydrogen-bond donors (Lipinski definition) is 1. The molecule has 1 heterocycles. The van der Waals surface area contributed by atoms with Crippen LogP contribution >= 0.6 is 15.9 Å². The molecular weight excluding hydrogens is 262 g/mol. The molecule has 86 valence electrons. The number of ether oxygens (including phenoxy) is 2. The molecule has 4 nitrogen and oxygen atoms in total. The van der Waals surface area contributed by atoms with Crippen LogP contribution in [0.15, 0.2) is 21.2 Å². The van der Waals surface area contributed by atoms with Gasteiger partial charge >= 0.3 is 0 Å². The van der Waals surface area contributed by atoms with Crippen molar-refractivity contribution >= 4 is 15.9 Å². The molecule has 0 bridgehead atoms. The molecule has 1 rings (SSSR count). The lowest BCUT2D eigenvalue weighted by Crippen LogP contribution is -2.31. The lowest BCUT2D eigenvalue weighted by atomic mass is 10.3. The van der Waals surface area contributed by atoms with Crippen molar-refractivity contribution in [1.29, 1.82) is 0 Å². The van der Waals surface area contributed by atoms with Crippen LogP contribution in [0.25, 0.3) is 0 Å². The van der Waals surface area contributed by atoms with Crippen LogP contribution in [0.2, 0.25) is 0 Å². The summed E-state index contributed by atoms with van der Waals surface area (Å²) in [5, 5.41) is 3.24. The van der Waals surface area contributed by atoms with Crippen molar-refractivity contribution in [3.63, 3.8) is 0 Å². The highest BCUT2D eigenvalue weighted by molar-refractivity contribution is 9.10. The maximum Gasteiger partial charge on any atom is 0.131 e. The van der Waals surface area contributed by atoms with E-state index < -0.39 is 0 Å². The van der Waals surface area contributed by atoms with E-state index in [1.54, 1.807) is 20.5 Å². The third-order valence-electron chi connectivity index (χ3n) is 2.03. The van der Waals surface area contributed by atoms with E-state index >= 15 is 0 Å². The average Bonchev–Trinajstić information content (AvgIpc) is 2.63. The summed E-state index contributed by atoms with van der Waals surface area (Å²) in [6, 6.07) is 1.87. The van der Waals surface area contributed by atoms with Crippen molar-refractivity contribution in [2.45, 2.75) is 12.6 Å². The summed E-state index contributed by atoms with van der Waals surface area (Å²) >= 11 is 3.39. The maximum atomic E-state index is 5.26. The van der Waals surface area contributed by atoms with Crippen LogP contribution in [-0.4, -0.2) is 33.5 Å². The van der Waals surface area contributed by atoms with E-state index in [1.165, 1.54) is 0 Å². The second kappa shape index (κ2) is 7.00. The minimum atomic E-state index is 0.0729. The minimum Gasteiger partial charge on any atom is -0.467 e. The zero-order valence-corrected chi connectivity index (χ0v) is 10.5. The van der Waals surface area contributed by atoms with Crippen molar-refractivity contribution < 1.29 is 13.9 Å². The zero-order valence-electron chi connectivity index (χ0n) is 8.96. The third-order valence-corrected chi connectivity index (χ3v) is 2.74. The molecule has 0 saturated carbocycles. The van der Waals surface area contributed by atoms with Crippen LogP contribution < -0.4 is 5.32 Å². The van der Waals surface area contributed by atoms with Crippen molar-refractivity contribution in [1.82, 2.24) is 5.32 Å². The van der Waals surface area contributed by atoms with Crippen molar-refractivity contribution in [2.24, 2.45) is 0 Å². The number of halogens is 1. The molecule has 1 atom stereocenters. The quantitative estimate of drug-likeness (QED) is 0.826. The molecule has 1 aromatic heterocycles. The largest absolute Gasteiger partial charge is 0.467 e. The second-order valence-electron chi connectivity index (χ2n) is 3.14. The maximum absolute atomic E-state index is 5.26. The van der Waals surface area contributed by atoms with E-state index in [-0.39, 0.29) is 6.10 Å². The average molecular weight is 278 g/mol. The van der Waals surface area contributed by atoms with Crippen LogP contribution in [0.1, 0.15) is 5.76 Å². The summed E-state index contributed by atoms with van der Waals surface area (Å²) < 4.78 is 16.5. The summed E-state index contributed by atoms with van der Waals surface area (Å²) in [6.45, 7) is 2.00. The van der Waals surface area contributed by atoms with Gasteiger partial charge in [-0.3, -0.25) is 0 Å². The summed E-state index contributed by atoms with van der Waals surface area (Å²) in [4.78, 5) is 0. The van der Waals surface area contributed by atoms with Gasteiger partial charge in [0.15, 0.2) is 0 Å². The number of furan rings is 1. The summed E-state index contributed by atoms with van der Waals surface area (Å²) in [5.41, 5.74) is 0. The first kappa shape index (κ1) is 12.7. The Morgan fingerprint density at radius 1 is 1.53 bits per heavy atom. The van der Waals surface area contributed by atoms with Gasteiger partial charge in [-0.2, -0.15) is 0 Å². The van der Waals surface area contributed by atoms with E-state index in [1.807, 2.05) is 6.07 Å². The van der Waals surface area contributed by atoms with Crippen LogP contribution in [-0.2, 0) is 16.0 Å². The van der Waals surface area contributed by atoms with Crippen LogP contribution in [0.3, 0.4) is 0 Å². The molecule has 0 amide bonds. The first-order valence-electron chi connectivity index (χ1n) is 4.72. The van der Waals surface area contributed by atoms with Crippen LogP contribution in [0, 0.1) is 0 Å². The molecule has 1 unspecified atom stereocenters. The molecule has 0 radical (unpaired) electrons. The summed E-state index contributed by atoms with van der Waals surface area (Å²) in [5.74, 6) is 0.891. The van der Waals surface area contributed by atoms with Gasteiger partial charge < -0.3 is 19.2 Å². The molecule has 0 aliphatic heterocycles. The minimum absolute atomic E-state index is 0.0729. The second-order valence-corrected chi connectivity index (χ2v) is 3.99. The first-order chi connectivity index (χ1) is 7.27. The van der Waals surface area contributed by atoms with Gasteiger partial charge in [-0.15, -0.1) is 0 Å². The fourth-order valence-electron chi connectivity index (χ4n) is 1.19. The Balaban J connectivity index is 2.23. The molecule has 1 aromatic rings. The van der Waals surface area contributed by atoms with E-state index in [2.05, 4.69) is 21.2 Å². The van der Waals surface area contributed by atoms with E-state index in [0.717, 1.165) is 16.8 Å². The van der Waals surface area contributed by atoms with Crippen LogP contribution in [0.4, 0.5) is 0 Å². The first-order valence-corrected chi connectivity index (χ1v) is 5.51. The molecule has 0 fully saturated rings. The summed E-state index contributed by atoms with van der Waals surface area (Å²) in [6.07, 6.45) is 1.73. The van der Waals surface area contributed by atoms with E-state index in [0.29, 0.717) is 13.2 Å². The van der Waals surface area contributed by atoms with Gasteiger partial charge in [0.05, 0.1) is 30.0 Å². The molecule has 0 spiro atoms. The Bertz CT molecular complexity index is 277. The Morgan fingerprint density at radius 2 is 2.33 bits per heavy atom. The van der Waals surface area contributed by atoms with Crippen molar-refractivity contribution in [3.8, 4) is 0 Å². The number of hydrogen-bond acceptors (Lipinski definition) is 4. The van der Waals surface area contributed by atoms with Crippen molar-refractivity contribution in [3.05, 3.63) is 22.6 Å². The molecule has 0 saturated heterocycles. The predicted molar refractivity (Wildman–Crippen MR) is 60.8 cm³/mol. The van der Waals surface area contributed by atoms with Gasteiger partial charge in [-0.25, -0.2) is 0 Å². The van der Waals surface area contributed by atoms with Crippen LogP contribution in [0.5, 0.6) is 0 Å². The Hall–Kier alpha value is -0.360. The van der Waals surface area contributed by atoms with E-state index in [4.69, 9.17) is 13.9 Å². The highest BCUT2D eigenvalue weighted by atomic mass is 79.9. The lowest BCUT2D eigenvalue weighted by molar-refractivity contribution is 0.0285. The van der Waals surface area contributed by atoms with Gasteiger partial charge in [0.1, 0.15) is 5.76 Å². The number of rotatable bonds is 7. The van der Waals surface area contributed by atoms with E-state index in [9.17, 15) is 0 Å². The SMILES string of the molecule is COCC(CNCc1occc1Br)OC. The number of methoxy groups -OCH3 is 2. The monoisotopic (exact) mass is 277 g/mol. The summed E-state index contributed by atoms with van der Waals surface area (Å²) in [7, 11) is 3.34. The molecule has 0 aliphatic carbocycles. The predicted octanol–water partition coefficient (Wildman–Crippen LogP) is 1.79. The lowest BCUT2D eigenvalue weighted by Gasteiger charge is -2.14. The Morgan fingerprint density at radius 3 is 2.87 bits per heavy atom. The standard InChI is InChI=1S/C10H16BrNO3/c1-13-7-8(14-2)5-12-6-10-9(11)3-4-15-10/h3-4,8,12H,5-7H2,1-2H3. The molecule has 1 N–H and O–H groups in total. The molecule has 15 heavy (non-hydrogen) atoms. The molecule has 5 heteroatoms. The molecule has 0 aromatic carbocycles. The zero-order chi connectivity index (χ0) is 11.1.